The first-order chi connectivity index (χ1) is 8.88. The number of anilines is 1. The Morgan fingerprint density at radius 2 is 2.21 bits per heavy atom. The minimum Gasteiger partial charge on any atom is -0.368 e. The number of halogens is 1. The third kappa shape index (κ3) is 3.28. The molecule has 1 aliphatic rings. The number of hydrogen-bond acceptors (Lipinski definition) is 4. The molecule has 1 amide bonds. The van der Waals surface area contributed by atoms with Crippen LogP contribution in [0.4, 0.5) is 10.1 Å². The molecule has 0 spiro atoms. The molecule has 19 heavy (non-hydrogen) atoms. The van der Waals surface area contributed by atoms with Crippen LogP contribution in [0.5, 0.6) is 0 Å². The molecule has 0 saturated carbocycles. The van der Waals surface area contributed by atoms with Gasteiger partial charge in [-0.15, -0.1) is 0 Å². The Morgan fingerprint density at radius 1 is 1.47 bits per heavy atom. The standard InChI is InChI=1S/C11H13FN2O4S/c12-8-6-7(19(13,16)17)3-4-9(8)14-11(15)10-2-1-5-18-10/h3-4,6,10H,1-2,5H2,(H,14,15)(H2,13,16,17). The van der Waals surface area contributed by atoms with E-state index in [0.717, 1.165) is 24.6 Å². The lowest BCUT2D eigenvalue weighted by molar-refractivity contribution is -0.124. The average Bonchev–Trinajstić information content (AvgIpc) is 2.84. The van der Waals surface area contributed by atoms with E-state index >= 15 is 0 Å². The van der Waals surface area contributed by atoms with Crippen molar-refractivity contribution in [3.8, 4) is 0 Å². The van der Waals surface area contributed by atoms with Gasteiger partial charge in [-0.05, 0) is 31.0 Å². The zero-order chi connectivity index (χ0) is 14.0. The van der Waals surface area contributed by atoms with Crippen LogP contribution in [0, 0.1) is 5.82 Å². The fourth-order valence-electron chi connectivity index (χ4n) is 1.77. The highest BCUT2D eigenvalue weighted by atomic mass is 32.2. The second-order valence-electron chi connectivity index (χ2n) is 4.18. The molecule has 104 valence electrons. The van der Waals surface area contributed by atoms with Crippen LogP contribution in [-0.4, -0.2) is 27.0 Å². The van der Waals surface area contributed by atoms with E-state index < -0.39 is 27.9 Å². The SMILES string of the molecule is NS(=O)(=O)c1ccc(NC(=O)C2CCCO2)c(F)c1. The number of carbonyl (C=O) groups excluding carboxylic acids is 1. The summed E-state index contributed by atoms with van der Waals surface area (Å²) in [4.78, 5) is 11.4. The minimum atomic E-state index is -3.96. The summed E-state index contributed by atoms with van der Waals surface area (Å²) in [5, 5.41) is 7.23. The van der Waals surface area contributed by atoms with E-state index in [0.29, 0.717) is 13.0 Å². The van der Waals surface area contributed by atoms with E-state index in [-0.39, 0.29) is 10.6 Å². The maximum atomic E-state index is 13.7. The average molecular weight is 288 g/mol. The van der Waals surface area contributed by atoms with Gasteiger partial charge in [-0.2, -0.15) is 0 Å². The van der Waals surface area contributed by atoms with Crippen molar-refractivity contribution >= 4 is 21.6 Å². The first-order valence-corrected chi connectivity index (χ1v) is 7.17. The van der Waals surface area contributed by atoms with E-state index in [1.807, 2.05) is 0 Å². The number of carbonyl (C=O) groups is 1. The maximum absolute atomic E-state index is 13.7. The van der Waals surface area contributed by atoms with Crippen LogP contribution in [-0.2, 0) is 19.6 Å². The summed E-state index contributed by atoms with van der Waals surface area (Å²) < 4.78 is 40.9. The molecular weight excluding hydrogens is 275 g/mol. The third-order valence-corrected chi connectivity index (χ3v) is 3.66. The van der Waals surface area contributed by atoms with Gasteiger partial charge in [0.2, 0.25) is 10.0 Å². The van der Waals surface area contributed by atoms with Gasteiger partial charge in [0.05, 0.1) is 10.6 Å². The van der Waals surface area contributed by atoms with Gasteiger partial charge in [0.25, 0.3) is 5.91 Å². The summed E-state index contributed by atoms with van der Waals surface area (Å²) in [5.41, 5.74) is -0.104. The van der Waals surface area contributed by atoms with E-state index in [1.54, 1.807) is 0 Å². The molecule has 0 aliphatic carbocycles. The Balaban J connectivity index is 2.15. The van der Waals surface area contributed by atoms with Crippen molar-refractivity contribution in [2.75, 3.05) is 11.9 Å². The molecule has 0 bridgehead atoms. The number of ether oxygens (including phenoxy) is 1. The molecule has 1 fully saturated rings. The van der Waals surface area contributed by atoms with Gasteiger partial charge in [-0.25, -0.2) is 17.9 Å². The molecular formula is C11H13FN2O4S. The van der Waals surface area contributed by atoms with Crippen LogP contribution in [0.25, 0.3) is 0 Å². The molecule has 6 nitrogen and oxygen atoms in total. The maximum Gasteiger partial charge on any atom is 0.253 e. The number of nitrogens with two attached hydrogens (primary N) is 1. The van der Waals surface area contributed by atoms with E-state index in [1.165, 1.54) is 0 Å². The number of benzene rings is 1. The number of sulfonamides is 1. The molecule has 1 saturated heterocycles. The molecule has 0 radical (unpaired) electrons. The number of amides is 1. The molecule has 1 atom stereocenters. The Hall–Kier alpha value is -1.51. The van der Waals surface area contributed by atoms with Crippen LogP contribution in [0.15, 0.2) is 23.1 Å². The van der Waals surface area contributed by atoms with Crippen LogP contribution in [0.3, 0.4) is 0 Å². The topological polar surface area (TPSA) is 98.5 Å². The van der Waals surface area contributed by atoms with Crippen LogP contribution in [0.1, 0.15) is 12.8 Å². The van der Waals surface area contributed by atoms with Crippen molar-refractivity contribution in [3.05, 3.63) is 24.0 Å². The molecule has 3 N–H and O–H groups in total. The van der Waals surface area contributed by atoms with Crippen molar-refractivity contribution in [2.24, 2.45) is 5.14 Å². The molecule has 8 heteroatoms. The highest BCUT2D eigenvalue weighted by Gasteiger charge is 2.24. The smallest absolute Gasteiger partial charge is 0.253 e. The first-order valence-electron chi connectivity index (χ1n) is 5.63. The first kappa shape index (κ1) is 13.9. The lowest BCUT2D eigenvalue weighted by Gasteiger charge is -2.11. The number of hydrogen-bond donors (Lipinski definition) is 2. The van der Waals surface area contributed by atoms with Gasteiger partial charge in [0, 0.05) is 6.61 Å². The minimum absolute atomic E-state index is 0.104. The summed E-state index contributed by atoms with van der Waals surface area (Å²) in [6.45, 7) is 0.505. The highest BCUT2D eigenvalue weighted by molar-refractivity contribution is 7.89. The Labute approximate surface area is 109 Å². The zero-order valence-electron chi connectivity index (χ0n) is 9.93. The highest BCUT2D eigenvalue weighted by Crippen LogP contribution is 2.20. The number of rotatable bonds is 3. The van der Waals surface area contributed by atoms with Crippen LogP contribution < -0.4 is 10.5 Å². The fraction of sp³-hybridized carbons (Fsp3) is 0.364. The van der Waals surface area contributed by atoms with Crippen molar-refractivity contribution in [2.45, 2.75) is 23.8 Å². The molecule has 1 aliphatic heterocycles. The number of nitrogens with one attached hydrogen (secondary N) is 1. The van der Waals surface area contributed by atoms with Crippen molar-refractivity contribution in [1.29, 1.82) is 0 Å². The van der Waals surface area contributed by atoms with Crippen molar-refractivity contribution in [3.63, 3.8) is 0 Å². The fourth-order valence-corrected chi connectivity index (χ4v) is 2.30. The van der Waals surface area contributed by atoms with E-state index in [2.05, 4.69) is 5.32 Å². The third-order valence-electron chi connectivity index (χ3n) is 2.75. The van der Waals surface area contributed by atoms with Gasteiger partial charge in [-0.1, -0.05) is 0 Å². The summed E-state index contributed by atoms with van der Waals surface area (Å²) in [6, 6.07) is 3.05. The van der Waals surface area contributed by atoms with Gasteiger partial charge >= 0.3 is 0 Å². The van der Waals surface area contributed by atoms with Crippen molar-refractivity contribution < 1.29 is 22.3 Å². The van der Waals surface area contributed by atoms with Gasteiger partial charge in [0.15, 0.2) is 0 Å². The van der Waals surface area contributed by atoms with Crippen LogP contribution in [0.2, 0.25) is 0 Å². The Bertz CT molecular complexity index is 597. The predicted molar refractivity (Wildman–Crippen MR) is 65.4 cm³/mol. The Kier molecular flexibility index (Phi) is 3.83. The normalized spacial score (nSPS) is 19.4. The van der Waals surface area contributed by atoms with Crippen LogP contribution >= 0.6 is 0 Å². The lowest BCUT2D eigenvalue weighted by Crippen LogP contribution is -2.27. The lowest BCUT2D eigenvalue weighted by atomic mass is 10.2. The van der Waals surface area contributed by atoms with E-state index in [9.17, 15) is 17.6 Å². The summed E-state index contributed by atoms with van der Waals surface area (Å²) in [7, 11) is -3.96. The largest absolute Gasteiger partial charge is 0.368 e. The number of primary sulfonamides is 1. The quantitative estimate of drug-likeness (QED) is 0.850. The summed E-state index contributed by atoms with van der Waals surface area (Å²) >= 11 is 0. The predicted octanol–water partition coefficient (Wildman–Crippen LogP) is 0.591. The summed E-state index contributed by atoms with van der Waals surface area (Å²) in [6.07, 6.45) is 0.783. The van der Waals surface area contributed by atoms with E-state index in [4.69, 9.17) is 9.88 Å². The molecule has 1 unspecified atom stereocenters. The Morgan fingerprint density at radius 3 is 2.74 bits per heavy atom. The van der Waals surface area contributed by atoms with Gasteiger partial charge < -0.3 is 10.1 Å². The van der Waals surface area contributed by atoms with Gasteiger partial charge in [-0.3, -0.25) is 4.79 Å². The van der Waals surface area contributed by atoms with Gasteiger partial charge in [0.1, 0.15) is 11.9 Å². The second kappa shape index (κ2) is 5.24. The summed E-state index contributed by atoms with van der Waals surface area (Å²) in [5.74, 6) is -1.31. The van der Waals surface area contributed by atoms with Crippen molar-refractivity contribution in [1.82, 2.24) is 0 Å². The second-order valence-corrected chi connectivity index (χ2v) is 5.74. The molecule has 2 rings (SSSR count). The zero-order valence-corrected chi connectivity index (χ0v) is 10.7. The molecule has 1 heterocycles. The molecule has 1 aromatic rings. The molecule has 1 aromatic carbocycles. The molecule has 0 aromatic heterocycles. The monoisotopic (exact) mass is 288 g/mol.